The second-order valence-corrected chi connectivity index (χ2v) is 6.71. The van der Waals surface area contributed by atoms with Crippen LogP contribution in [0.25, 0.3) is 11.4 Å². The molecule has 5 heteroatoms. The number of anilines is 1. The van der Waals surface area contributed by atoms with E-state index in [0.29, 0.717) is 0 Å². The molecule has 1 heterocycles. The zero-order valence-corrected chi connectivity index (χ0v) is 12.4. The topological polar surface area (TPSA) is 69.6 Å². The number of hydrogen-bond donors (Lipinski definition) is 1. The van der Waals surface area contributed by atoms with Gasteiger partial charge in [0.15, 0.2) is 5.82 Å². The molecule has 2 fully saturated rings. The van der Waals surface area contributed by atoms with Crippen LogP contribution in [0.1, 0.15) is 31.2 Å². The van der Waals surface area contributed by atoms with E-state index in [1.165, 1.54) is 31.2 Å². The summed E-state index contributed by atoms with van der Waals surface area (Å²) in [6, 6.07) is 6.02. The van der Waals surface area contributed by atoms with Crippen molar-refractivity contribution < 1.29 is 0 Å². The lowest BCUT2D eigenvalue weighted by Crippen LogP contribution is -2.19. The molecule has 1 aromatic carbocycles. The molecule has 2 aliphatic rings. The van der Waals surface area contributed by atoms with E-state index in [1.807, 2.05) is 16.8 Å². The highest BCUT2D eigenvalue weighted by Crippen LogP contribution is 2.49. The van der Waals surface area contributed by atoms with Gasteiger partial charge in [0, 0.05) is 17.8 Å². The molecule has 1 aromatic heterocycles. The van der Waals surface area contributed by atoms with Crippen LogP contribution in [0.5, 0.6) is 0 Å². The summed E-state index contributed by atoms with van der Waals surface area (Å²) in [5.41, 5.74) is 8.97. The quantitative estimate of drug-likeness (QED) is 0.879. The maximum absolute atomic E-state index is 6.11. The normalized spacial score (nSPS) is 27.4. The number of aryl methyl sites for hydroxylation is 1. The third-order valence-electron chi connectivity index (χ3n) is 5.27. The fourth-order valence-electron chi connectivity index (χ4n) is 4.21. The summed E-state index contributed by atoms with van der Waals surface area (Å²) in [6.45, 7) is 2.99. The lowest BCUT2D eigenvalue weighted by molar-refractivity contribution is 0.284. The van der Waals surface area contributed by atoms with E-state index in [1.54, 1.807) is 0 Å². The number of aromatic nitrogens is 4. The SMILES string of the molecule is Cc1ccc(N)c(-c2nnnn2CC2CC3CCC2C3)c1. The smallest absolute Gasteiger partial charge is 0.184 e. The Morgan fingerprint density at radius 3 is 2.95 bits per heavy atom. The first-order valence-electron chi connectivity index (χ1n) is 7.83. The first-order valence-corrected chi connectivity index (χ1v) is 7.83. The van der Waals surface area contributed by atoms with E-state index < -0.39 is 0 Å². The summed E-state index contributed by atoms with van der Waals surface area (Å²) < 4.78 is 1.95. The highest BCUT2D eigenvalue weighted by Gasteiger charge is 2.39. The van der Waals surface area contributed by atoms with Gasteiger partial charge in [0.05, 0.1) is 0 Å². The summed E-state index contributed by atoms with van der Waals surface area (Å²) in [5.74, 6) is 3.36. The molecule has 0 radical (unpaired) electrons. The van der Waals surface area contributed by atoms with Crippen molar-refractivity contribution in [2.45, 2.75) is 39.2 Å². The average molecular weight is 283 g/mol. The van der Waals surface area contributed by atoms with E-state index in [2.05, 4.69) is 28.5 Å². The Hall–Kier alpha value is -1.91. The van der Waals surface area contributed by atoms with Gasteiger partial charge in [0.25, 0.3) is 0 Å². The predicted molar refractivity (Wildman–Crippen MR) is 81.3 cm³/mol. The van der Waals surface area contributed by atoms with Crippen molar-refractivity contribution >= 4 is 5.69 Å². The number of nitrogens with zero attached hydrogens (tertiary/aromatic N) is 4. The van der Waals surface area contributed by atoms with Gasteiger partial charge >= 0.3 is 0 Å². The van der Waals surface area contributed by atoms with Crippen LogP contribution < -0.4 is 5.73 Å². The number of hydrogen-bond acceptors (Lipinski definition) is 4. The van der Waals surface area contributed by atoms with Gasteiger partial charge in [-0.05, 0) is 66.5 Å². The molecule has 0 amide bonds. The molecule has 5 nitrogen and oxygen atoms in total. The van der Waals surface area contributed by atoms with Crippen molar-refractivity contribution in [2.24, 2.45) is 17.8 Å². The minimum atomic E-state index is 0.733. The van der Waals surface area contributed by atoms with Gasteiger partial charge in [-0.2, -0.15) is 0 Å². The third kappa shape index (κ3) is 2.20. The van der Waals surface area contributed by atoms with Crippen LogP contribution in [-0.4, -0.2) is 20.2 Å². The van der Waals surface area contributed by atoms with Crippen LogP contribution in [0, 0.1) is 24.7 Å². The van der Waals surface area contributed by atoms with Gasteiger partial charge in [-0.15, -0.1) is 5.10 Å². The highest BCUT2D eigenvalue weighted by atomic mass is 15.5. The Morgan fingerprint density at radius 2 is 2.19 bits per heavy atom. The molecular formula is C16H21N5. The van der Waals surface area contributed by atoms with Gasteiger partial charge in [0.2, 0.25) is 0 Å². The molecule has 3 atom stereocenters. The zero-order chi connectivity index (χ0) is 14.4. The molecular weight excluding hydrogens is 262 g/mol. The summed E-state index contributed by atoms with van der Waals surface area (Å²) >= 11 is 0. The first-order chi connectivity index (χ1) is 10.2. The summed E-state index contributed by atoms with van der Waals surface area (Å²) in [4.78, 5) is 0. The van der Waals surface area contributed by atoms with Crippen LogP contribution in [-0.2, 0) is 6.54 Å². The average Bonchev–Trinajstić information content (AvgIpc) is 3.18. The second-order valence-electron chi connectivity index (χ2n) is 6.71. The molecule has 21 heavy (non-hydrogen) atoms. The number of fused-ring (bicyclic) bond motifs is 2. The number of nitrogens with two attached hydrogens (primary N) is 1. The van der Waals surface area contributed by atoms with Crippen LogP contribution in [0.15, 0.2) is 18.2 Å². The van der Waals surface area contributed by atoms with Gasteiger partial charge in [-0.25, -0.2) is 4.68 Å². The van der Waals surface area contributed by atoms with E-state index in [0.717, 1.165) is 41.4 Å². The molecule has 0 aliphatic heterocycles. The van der Waals surface area contributed by atoms with Crippen molar-refractivity contribution in [2.75, 3.05) is 5.73 Å². The number of tetrazole rings is 1. The van der Waals surface area contributed by atoms with Crippen LogP contribution in [0.3, 0.4) is 0 Å². The summed E-state index contributed by atoms with van der Waals surface area (Å²) in [5, 5.41) is 12.3. The second kappa shape index (κ2) is 4.83. The van der Waals surface area contributed by atoms with E-state index >= 15 is 0 Å². The molecule has 3 unspecified atom stereocenters. The highest BCUT2D eigenvalue weighted by molar-refractivity contribution is 5.72. The molecule has 2 bridgehead atoms. The fourth-order valence-corrected chi connectivity index (χ4v) is 4.21. The van der Waals surface area contributed by atoms with Gasteiger partial charge in [0.1, 0.15) is 0 Å². The summed E-state index contributed by atoms with van der Waals surface area (Å²) in [7, 11) is 0. The molecule has 0 spiro atoms. The Kier molecular flexibility index (Phi) is 2.94. The summed E-state index contributed by atoms with van der Waals surface area (Å²) in [6.07, 6.45) is 5.57. The number of nitrogen functional groups attached to an aromatic ring is 1. The molecule has 2 aliphatic carbocycles. The van der Waals surface area contributed by atoms with Gasteiger partial charge in [-0.1, -0.05) is 18.1 Å². The van der Waals surface area contributed by atoms with E-state index in [9.17, 15) is 0 Å². The zero-order valence-electron chi connectivity index (χ0n) is 12.4. The maximum Gasteiger partial charge on any atom is 0.184 e. The minimum Gasteiger partial charge on any atom is -0.398 e. The van der Waals surface area contributed by atoms with Crippen molar-refractivity contribution in [1.29, 1.82) is 0 Å². The van der Waals surface area contributed by atoms with Crippen molar-refractivity contribution in [3.63, 3.8) is 0 Å². The Bertz CT molecular complexity index is 662. The first kappa shape index (κ1) is 12.8. The minimum absolute atomic E-state index is 0.733. The molecule has 110 valence electrons. The van der Waals surface area contributed by atoms with Gasteiger partial charge < -0.3 is 5.73 Å². The molecule has 2 aromatic rings. The number of rotatable bonds is 3. The monoisotopic (exact) mass is 283 g/mol. The number of benzene rings is 1. The Balaban J connectivity index is 1.63. The molecule has 0 saturated heterocycles. The molecule has 2 N–H and O–H groups in total. The predicted octanol–water partition coefficient (Wildman–Crippen LogP) is 2.67. The fraction of sp³-hybridized carbons (Fsp3) is 0.562. The van der Waals surface area contributed by atoms with Crippen molar-refractivity contribution in [1.82, 2.24) is 20.2 Å². The van der Waals surface area contributed by atoms with Crippen LogP contribution in [0.4, 0.5) is 5.69 Å². The van der Waals surface area contributed by atoms with Gasteiger partial charge in [-0.3, -0.25) is 0 Å². The van der Waals surface area contributed by atoms with E-state index in [-0.39, 0.29) is 0 Å². The molecule has 2 saturated carbocycles. The molecule has 4 rings (SSSR count). The maximum atomic E-state index is 6.11. The largest absolute Gasteiger partial charge is 0.398 e. The van der Waals surface area contributed by atoms with E-state index in [4.69, 9.17) is 5.73 Å². The van der Waals surface area contributed by atoms with Crippen molar-refractivity contribution in [3.05, 3.63) is 23.8 Å². The Labute approximate surface area is 124 Å². The standard InChI is InChI=1S/C16H21N5/c1-10-2-5-15(17)14(6-10)16-18-19-20-21(16)9-13-8-11-3-4-12(13)7-11/h2,5-6,11-13H,3-4,7-9,17H2,1H3. The lowest BCUT2D eigenvalue weighted by Gasteiger charge is -2.21. The van der Waals surface area contributed by atoms with Crippen molar-refractivity contribution in [3.8, 4) is 11.4 Å². The third-order valence-corrected chi connectivity index (χ3v) is 5.27. The van der Waals surface area contributed by atoms with Crippen LogP contribution >= 0.6 is 0 Å². The lowest BCUT2D eigenvalue weighted by atomic mass is 9.89. The van der Waals surface area contributed by atoms with Crippen LogP contribution in [0.2, 0.25) is 0 Å². The Morgan fingerprint density at radius 1 is 1.29 bits per heavy atom.